The van der Waals surface area contributed by atoms with Crippen molar-refractivity contribution < 1.29 is 9.90 Å². The van der Waals surface area contributed by atoms with Crippen LogP contribution in [0, 0.1) is 28.6 Å². The van der Waals surface area contributed by atoms with E-state index in [1.54, 1.807) is 0 Å². The number of aliphatic hydroxyl groups is 1. The molecule has 2 nitrogen and oxygen atoms in total. The van der Waals surface area contributed by atoms with Crippen molar-refractivity contribution in [2.45, 2.75) is 65.4 Å². The lowest BCUT2D eigenvalue weighted by Gasteiger charge is -2.56. The maximum Gasteiger partial charge on any atom is 0.181 e. The van der Waals surface area contributed by atoms with Crippen LogP contribution in [0.25, 0.3) is 0 Å². The van der Waals surface area contributed by atoms with Crippen molar-refractivity contribution in [1.29, 1.82) is 0 Å². The molecule has 0 amide bonds. The summed E-state index contributed by atoms with van der Waals surface area (Å²) in [5, 5.41) is 10.5. The third kappa shape index (κ3) is 1.73. The largest absolute Gasteiger partial charge is 0.393 e. The minimum absolute atomic E-state index is 0.0791. The fourth-order valence-electron chi connectivity index (χ4n) is 6.46. The van der Waals surface area contributed by atoms with E-state index in [-0.39, 0.29) is 22.7 Å². The molecule has 4 aliphatic carbocycles. The number of carbonyl (C=O) groups excluding carboxylic acids is 1. The molecule has 0 aromatic heterocycles. The molecule has 0 saturated heterocycles. The van der Waals surface area contributed by atoms with E-state index >= 15 is 0 Å². The van der Waals surface area contributed by atoms with E-state index in [4.69, 9.17) is 0 Å². The highest BCUT2D eigenvalue weighted by atomic mass is 16.3. The summed E-state index contributed by atoms with van der Waals surface area (Å²) in [5.74, 6) is 2.25. The van der Waals surface area contributed by atoms with E-state index in [0.717, 1.165) is 30.8 Å². The zero-order valence-corrected chi connectivity index (χ0v) is 14.1. The van der Waals surface area contributed by atoms with Gasteiger partial charge in [-0.05, 0) is 80.3 Å². The summed E-state index contributed by atoms with van der Waals surface area (Å²) in [5.41, 5.74) is 2.51. The second kappa shape index (κ2) is 4.56. The smallest absolute Gasteiger partial charge is 0.181 e. The molecule has 0 spiro atoms. The Hall–Kier alpha value is -0.890. The fraction of sp³-hybridized carbons (Fsp3) is 0.750. The molecule has 4 rings (SSSR count). The van der Waals surface area contributed by atoms with Gasteiger partial charge in [0.05, 0.1) is 6.10 Å². The minimum Gasteiger partial charge on any atom is -0.393 e. The zero-order chi connectivity index (χ0) is 15.7. The van der Waals surface area contributed by atoms with Gasteiger partial charge in [-0.25, -0.2) is 0 Å². The molecule has 0 aromatic carbocycles. The van der Waals surface area contributed by atoms with E-state index in [9.17, 15) is 9.90 Å². The first-order valence-corrected chi connectivity index (χ1v) is 8.99. The molecule has 6 unspecified atom stereocenters. The van der Waals surface area contributed by atoms with Gasteiger partial charge in [-0.15, -0.1) is 0 Å². The quantitative estimate of drug-likeness (QED) is 0.733. The first kappa shape index (κ1) is 14.7. The second-order valence-electron chi connectivity index (χ2n) is 8.70. The highest BCUT2D eigenvalue weighted by Gasteiger charge is 2.58. The lowest BCUT2D eigenvalue weighted by Crippen LogP contribution is -2.50. The normalized spacial score (nSPS) is 50.6. The molecule has 3 saturated carbocycles. The van der Waals surface area contributed by atoms with Crippen molar-refractivity contribution in [3.05, 3.63) is 23.3 Å². The molecular formula is C20H28O2. The van der Waals surface area contributed by atoms with Gasteiger partial charge >= 0.3 is 0 Å². The molecule has 120 valence electrons. The van der Waals surface area contributed by atoms with Crippen LogP contribution in [0.3, 0.4) is 0 Å². The number of allylic oxidation sites excluding steroid dienone is 4. The van der Waals surface area contributed by atoms with Crippen LogP contribution >= 0.6 is 0 Å². The first-order chi connectivity index (χ1) is 10.4. The first-order valence-electron chi connectivity index (χ1n) is 8.99. The molecule has 6 atom stereocenters. The van der Waals surface area contributed by atoms with Crippen LogP contribution in [0.4, 0.5) is 0 Å². The minimum atomic E-state index is -0.103. The Morgan fingerprint density at radius 1 is 1.14 bits per heavy atom. The summed E-state index contributed by atoms with van der Waals surface area (Å²) in [6.07, 6.45) is 10.9. The van der Waals surface area contributed by atoms with Crippen LogP contribution in [0.1, 0.15) is 59.3 Å². The zero-order valence-electron chi connectivity index (χ0n) is 14.1. The maximum absolute atomic E-state index is 12.1. The SMILES string of the molecule is CC1=CC2(C)C(=CC1=O)CCC1C2CCC2(C)C(O)CCC12. The number of ketones is 1. The van der Waals surface area contributed by atoms with Crippen molar-refractivity contribution >= 4 is 5.78 Å². The Bertz CT molecular complexity index is 587. The second-order valence-corrected chi connectivity index (χ2v) is 8.70. The lowest BCUT2D eigenvalue weighted by molar-refractivity contribution is -0.112. The van der Waals surface area contributed by atoms with E-state index in [0.29, 0.717) is 11.8 Å². The van der Waals surface area contributed by atoms with Gasteiger partial charge in [0, 0.05) is 5.41 Å². The van der Waals surface area contributed by atoms with Crippen LogP contribution in [-0.2, 0) is 4.79 Å². The van der Waals surface area contributed by atoms with E-state index < -0.39 is 0 Å². The van der Waals surface area contributed by atoms with E-state index in [2.05, 4.69) is 19.9 Å². The number of rotatable bonds is 0. The van der Waals surface area contributed by atoms with Crippen LogP contribution in [0.2, 0.25) is 0 Å². The number of carbonyl (C=O) groups is 1. The van der Waals surface area contributed by atoms with Gasteiger partial charge in [0.25, 0.3) is 0 Å². The van der Waals surface area contributed by atoms with Crippen molar-refractivity contribution in [3.63, 3.8) is 0 Å². The standard InChI is InChI=1S/C20H28O2/c1-12-11-20(3)13(10-17(12)21)4-5-14-15-6-7-18(22)19(15,2)9-8-16(14)20/h10-11,14-16,18,22H,4-9H2,1-3H3. The topological polar surface area (TPSA) is 37.3 Å². The molecule has 1 N–H and O–H groups in total. The van der Waals surface area contributed by atoms with Gasteiger partial charge in [-0.3, -0.25) is 4.79 Å². The number of fused-ring (bicyclic) bond motifs is 5. The van der Waals surface area contributed by atoms with E-state index in [1.807, 2.05) is 13.0 Å². The summed E-state index contributed by atoms with van der Waals surface area (Å²) in [6, 6.07) is 0. The van der Waals surface area contributed by atoms with Gasteiger partial charge < -0.3 is 5.11 Å². The number of aliphatic hydroxyl groups excluding tert-OH is 1. The third-order valence-electron chi connectivity index (χ3n) is 7.81. The molecule has 0 aliphatic heterocycles. The Morgan fingerprint density at radius 2 is 1.91 bits per heavy atom. The molecule has 3 fully saturated rings. The van der Waals surface area contributed by atoms with Crippen molar-refractivity contribution in [2.24, 2.45) is 28.6 Å². The van der Waals surface area contributed by atoms with Crippen LogP contribution < -0.4 is 0 Å². The molecule has 0 aromatic rings. The van der Waals surface area contributed by atoms with Crippen LogP contribution in [0.15, 0.2) is 23.3 Å². The average Bonchev–Trinajstić information content (AvgIpc) is 2.77. The molecular weight excluding hydrogens is 272 g/mol. The molecule has 22 heavy (non-hydrogen) atoms. The average molecular weight is 300 g/mol. The predicted molar refractivity (Wildman–Crippen MR) is 87.2 cm³/mol. The molecule has 0 radical (unpaired) electrons. The molecule has 0 bridgehead atoms. The van der Waals surface area contributed by atoms with Crippen LogP contribution in [0.5, 0.6) is 0 Å². The van der Waals surface area contributed by atoms with Crippen LogP contribution in [-0.4, -0.2) is 17.0 Å². The Morgan fingerprint density at radius 3 is 2.68 bits per heavy atom. The molecule has 4 aliphatic rings. The fourth-order valence-corrected chi connectivity index (χ4v) is 6.46. The van der Waals surface area contributed by atoms with Crippen molar-refractivity contribution in [1.82, 2.24) is 0 Å². The monoisotopic (exact) mass is 300 g/mol. The van der Waals surface area contributed by atoms with Gasteiger partial charge in [0.1, 0.15) is 0 Å². The predicted octanol–water partition coefficient (Wildman–Crippen LogP) is 4.05. The Kier molecular flexibility index (Phi) is 3.05. The summed E-state index contributed by atoms with van der Waals surface area (Å²) in [6.45, 7) is 6.65. The van der Waals surface area contributed by atoms with Gasteiger partial charge in [-0.2, -0.15) is 0 Å². The maximum atomic E-state index is 12.1. The van der Waals surface area contributed by atoms with Gasteiger partial charge in [0.2, 0.25) is 0 Å². The Balaban J connectivity index is 1.72. The number of hydrogen-bond acceptors (Lipinski definition) is 2. The van der Waals surface area contributed by atoms with Gasteiger partial charge in [0.15, 0.2) is 5.78 Å². The van der Waals surface area contributed by atoms with Crippen molar-refractivity contribution in [2.75, 3.05) is 0 Å². The van der Waals surface area contributed by atoms with E-state index in [1.165, 1.54) is 24.8 Å². The van der Waals surface area contributed by atoms with Crippen molar-refractivity contribution in [3.8, 4) is 0 Å². The van der Waals surface area contributed by atoms with Gasteiger partial charge in [-0.1, -0.05) is 25.5 Å². The molecule has 0 heterocycles. The summed E-state index contributed by atoms with van der Waals surface area (Å²) >= 11 is 0. The third-order valence-corrected chi connectivity index (χ3v) is 7.81. The summed E-state index contributed by atoms with van der Waals surface area (Å²) < 4.78 is 0. The summed E-state index contributed by atoms with van der Waals surface area (Å²) in [7, 11) is 0. The summed E-state index contributed by atoms with van der Waals surface area (Å²) in [4.78, 5) is 12.1. The lowest BCUT2D eigenvalue weighted by atomic mass is 9.48. The Labute approximate surface area is 133 Å². The molecule has 2 heteroatoms. The number of hydrogen-bond donors (Lipinski definition) is 1. The highest BCUT2D eigenvalue weighted by Crippen LogP contribution is 2.64. The highest BCUT2D eigenvalue weighted by molar-refractivity contribution is 6.05.